The van der Waals surface area contributed by atoms with Crippen LogP contribution in [-0.2, 0) is 21.3 Å². The van der Waals surface area contributed by atoms with E-state index in [-0.39, 0.29) is 18.1 Å². The molecule has 0 saturated carbocycles. The number of β-amino-alcohol motifs (C(OH)–C–C–N with tert-alkyl or cyclic N) is 1. The molecule has 0 aliphatic carbocycles. The number of aryl methyl sites for hydroxylation is 1. The van der Waals surface area contributed by atoms with E-state index in [1.165, 1.54) is 0 Å². The summed E-state index contributed by atoms with van der Waals surface area (Å²) in [6.07, 6.45) is 2.63. The van der Waals surface area contributed by atoms with Crippen LogP contribution in [0, 0.1) is 18.6 Å². The molecule has 0 radical (unpaired) electrons. The van der Waals surface area contributed by atoms with Crippen LogP contribution in [-0.4, -0.2) is 89.3 Å². The van der Waals surface area contributed by atoms with E-state index in [9.17, 15) is 22.3 Å². The van der Waals surface area contributed by atoms with Gasteiger partial charge in [-0.05, 0) is 42.8 Å². The van der Waals surface area contributed by atoms with Crippen molar-refractivity contribution in [2.75, 3.05) is 44.1 Å². The smallest absolute Gasteiger partial charge is 0.264 e. The van der Waals surface area contributed by atoms with Gasteiger partial charge in [0.25, 0.3) is 10.0 Å². The van der Waals surface area contributed by atoms with Crippen molar-refractivity contribution in [3.05, 3.63) is 72.0 Å². The molecule has 4 N–H and O–H groups in total. The number of aromatic amines is 1. The number of nitrogens with one attached hydrogen (secondary N) is 3. The number of rotatable bonds is 11. The number of halogens is 2. The Labute approximate surface area is 256 Å². The van der Waals surface area contributed by atoms with Gasteiger partial charge in [-0.2, -0.15) is 5.10 Å². The van der Waals surface area contributed by atoms with Gasteiger partial charge >= 0.3 is 0 Å². The van der Waals surface area contributed by atoms with E-state index < -0.39 is 32.7 Å². The molecule has 1 aliphatic heterocycles. The Morgan fingerprint density at radius 3 is 2.71 bits per heavy atom. The minimum atomic E-state index is -4.39. The van der Waals surface area contributed by atoms with Crippen molar-refractivity contribution in [3.63, 3.8) is 0 Å². The van der Waals surface area contributed by atoms with Crippen LogP contribution in [0.2, 0.25) is 0 Å². The van der Waals surface area contributed by atoms with E-state index in [0.717, 1.165) is 30.6 Å². The first-order valence-electron chi connectivity index (χ1n) is 14.1. The number of hydrogen-bond donors (Lipinski definition) is 4. The Morgan fingerprint density at radius 1 is 1.09 bits per heavy atom. The molecule has 16 heteroatoms. The lowest BCUT2D eigenvalue weighted by atomic mass is 10.0. The molecule has 1 unspecified atom stereocenters. The first-order valence-corrected chi connectivity index (χ1v) is 15.6. The number of ether oxygens (including phenoxy) is 1. The lowest BCUT2D eigenvalue weighted by Crippen LogP contribution is -2.43. The number of aliphatic hydroxyl groups excluding tert-OH is 1. The molecular formula is C29H30F2N8O5S. The average molecular weight is 641 g/mol. The number of anilines is 1. The normalized spacial score (nSPS) is 15.0. The maximum Gasteiger partial charge on any atom is 0.264 e. The van der Waals surface area contributed by atoms with Gasteiger partial charge < -0.3 is 19.6 Å². The van der Waals surface area contributed by atoms with Crippen LogP contribution in [0.1, 0.15) is 11.6 Å². The molecule has 0 amide bonds. The molecule has 236 valence electrons. The van der Waals surface area contributed by atoms with Crippen LogP contribution in [0.15, 0.2) is 58.1 Å². The third kappa shape index (κ3) is 6.99. The molecule has 0 bridgehead atoms. The Kier molecular flexibility index (Phi) is 8.82. The van der Waals surface area contributed by atoms with E-state index >= 15 is 0 Å². The summed E-state index contributed by atoms with van der Waals surface area (Å²) >= 11 is 0. The van der Waals surface area contributed by atoms with Gasteiger partial charge in [0, 0.05) is 49.4 Å². The predicted octanol–water partition coefficient (Wildman–Crippen LogP) is 2.85. The molecule has 1 saturated heterocycles. The maximum absolute atomic E-state index is 14.3. The van der Waals surface area contributed by atoms with Crippen molar-refractivity contribution in [1.29, 1.82) is 0 Å². The SMILES string of the molecule is Cc1ncc(-c2cc(-c3nnc(CNCC(O)CN4CCOCC4)o3)c3cn[nH]c3c2)cc1NS(=O)(=O)c1ccc(F)cc1F. The third-order valence-electron chi connectivity index (χ3n) is 7.33. The summed E-state index contributed by atoms with van der Waals surface area (Å²) in [5.74, 6) is -1.54. The fourth-order valence-electron chi connectivity index (χ4n) is 5.01. The average Bonchev–Trinajstić information content (AvgIpc) is 3.68. The zero-order valence-electron chi connectivity index (χ0n) is 24.1. The van der Waals surface area contributed by atoms with Gasteiger partial charge in [-0.1, -0.05) is 0 Å². The lowest BCUT2D eigenvalue weighted by molar-refractivity contribution is 0.0148. The van der Waals surface area contributed by atoms with Crippen LogP contribution in [0.5, 0.6) is 0 Å². The Morgan fingerprint density at radius 2 is 1.91 bits per heavy atom. The van der Waals surface area contributed by atoms with Crippen LogP contribution in [0.25, 0.3) is 33.5 Å². The van der Waals surface area contributed by atoms with Crippen molar-refractivity contribution in [3.8, 4) is 22.6 Å². The molecule has 1 atom stereocenters. The number of sulfonamides is 1. The van der Waals surface area contributed by atoms with Crippen LogP contribution < -0.4 is 10.0 Å². The van der Waals surface area contributed by atoms with Crippen molar-refractivity contribution >= 4 is 26.6 Å². The standard InChI is InChI=1S/C29H30F2N8O5S/c1-17-25(38-45(41,42)27-3-2-20(30)11-24(27)31)10-19(12-33-17)18-8-22(23-14-34-35-26(23)9-18)29-37-36-28(44-29)15-32-13-21(40)16-39-4-6-43-7-5-39/h2-3,8-12,14,21,32,38,40H,4-7,13,15-16H2,1H3,(H,34,35). The summed E-state index contributed by atoms with van der Waals surface area (Å²) in [7, 11) is -4.39. The van der Waals surface area contributed by atoms with Gasteiger partial charge in [-0.3, -0.25) is 19.7 Å². The second-order valence-electron chi connectivity index (χ2n) is 10.6. The number of fused-ring (bicyclic) bond motifs is 1. The molecule has 5 aromatic rings. The fourth-order valence-corrected chi connectivity index (χ4v) is 6.18. The first-order chi connectivity index (χ1) is 21.7. The molecule has 6 rings (SSSR count). The molecule has 1 aliphatic rings. The largest absolute Gasteiger partial charge is 0.419 e. The van der Waals surface area contributed by atoms with E-state index in [1.807, 2.05) is 6.07 Å². The molecular weight excluding hydrogens is 610 g/mol. The summed E-state index contributed by atoms with van der Waals surface area (Å²) < 4.78 is 67.2. The summed E-state index contributed by atoms with van der Waals surface area (Å²) in [6, 6.07) is 7.40. The van der Waals surface area contributed by atoms with Gasteiger partial charge in [-0.15, -0.1) is 10.2 Å². The van der Waals surface area contributed by atoms with Crippen molar-refractivity contribution in [2.24, 2.45) is 0 Å². The van der Waals surface area contributed by atoms with Gasteiger partial charge in [0.1, 0.15) is 16.5 Å². The van der Waals surface area contributed by atoms with E-state index in [0.29, 0.717) is 66.2 Å². The van der Waals surface area contributed by atoms with Gasteiger partial charge in [-0.25, -0.2) is 17.2 Å². The number of hydrogen-bond acceptors (Lipinski definition) is 11. The van der Waals surface area contributed by atoms with Gasteiger partial charge in [0.15, 0.2) is 0 Å². The highest BCUT2D eigenvalue weighted by Crippen LogP contribution is 2.34. The quantitative estimate of drug-likeness (QED) is 0.167. The first kappa shape index (κ1) is 30.7. The number of aliphatic hydroxyl groups is 1. The highest BCUT2D eigenvalue weighted by molar-refractivity contribution is 7.92. The predicted molar refractivity (Wildman–Crippen MR) is 159 cm³/mol. The molecule has 4 heterocycles. The van der Waals surface area contributed by atoms with Crippen molar-refractivity contribution < 1.29 is 31.5 Å². The number of pyridine rings is 1. The van der Waals surface area contributed by atoms with E-state index in [4.69, 9.17) is 9.15 Å². The fraction of sp³-hybridized carbons (Fsp3) is 0.310. The third-order valence-corrected chi connectivity index (χ3v) is 8.73. The zero-order valence-corrected chi connectivity index (χ0v) is 24.9. The van der Waals surface area contributed by atoms with Gasteiger partial charge in [0.05, 0.1) is 54.5 Å². The van der Waals surface area contributed by atoms with E-state index in [1.54, 1.807) is 31.5 Å². The maximum atomic E-state index is 14.3. The summed E-state index contributed by atoms with van der Waals surface area (Å²) in [6.45, 7) is 5.63. The molecule has 0 spiro atoms. The van der Waals surface area contributed by atoms with Crippen molar-refractivity contribution in [2.45, 2.75) is 24.5 Å². The van der Waals surface area contributed by atoms with Gasteiger partial charge in [0.2, 0.25) is 11.8 Å². The Bertz CT molecular complexity index is 1930. The molecule has 45 heavy (non-hydrogen) atoms. The molecule has 3 aromatic heterocycles. The number of morpholine rings is 1. The number of aromatic nitrogens is 5. The zero-order chi connectivity index (χ0) is 31.6. The number of nitrogens with zero attached hydrogens (tertiary/aromatic N) is 5. The Hall–Kier alpha value is -4.35. The highest BCUT2D eigenvalue weighted by atomic mass is 32.2. The minimum Gasteiger partial charge on any atom is -0.419 e. The Balaban J connectivity index is 1.21. The monoisotopic (exact) mass is 640 g/mol. The van der Waals surface area contributed by atoms with Crippen molar-refractivity contribution in [1.82, 2.24) is 35.6 Å². The van der Waals surface area contributed by atoms with Crippen LogP contribution in [0.3, 0.4) is 0 Å². The van der Waals surface area contributed by atoms with Crippen LogP contribution >= 0.6 is 0 Å². The second-order valence-corrected chi connectivity index (χ2v) is 12.2. The summed E-state index contributed by atoms with van der Waals surface area (Å²) in [5.41, 5.74) is 2.86. The molecule has 13 nitrogen and oxygen atoms in total. The lowest BCUT2D eigenvalue weighted by Gasteiger charge is -2.28. The van der Waals surface area contributed by atoms with Crippen LogP contribution in [0.4, 0.5) is 14.5 Å². The number of benzene rings is 2. The minimum absolute atomic E-state index is 0.115. The number of H-pyrrole nitrogens is 1. The molecule has 2 aromatic carbocycles. The summed E-state index contributed by atoms with van der Waals surface area (Å²) in [5, 5.41) is 29.7. The summed E-state index contributed by atoms with van der Waals surface area (Å²) in [4.78, 5) is 5.79. The topological polar surface area (TPSA) is 171 Å². The molecule has 1 fully saturated rings. The highest BCUT2D eigenvalue weighted by Gasteiger charge is 2.22. The second kappa shape index (κ2) is 12.9. The van der Waals surface area contributed by atoms with E-state index in [2.05, 4.69) is 40.3 Å².